The monoisotopic (exact) mass is 344 g/mol. The molecule has 124 valence electrons. The predicted molar refractivity (Wildman–Crippen MR) is 92.8 cm³/mol. The first kappa shape index (κ1) is 16.5. The molecule has 24 heavy (non-hydrogen) atoms. The molecular formula is C19H17ClO4. The lowest BCUT2D eigenvalue weighted by atomic mass is 9.87. The van der Waals surface area contributed by atoms with Gasteiger partial charge < -0.3 is 9.47 Å². The van der Waals surface area contributed by atoms with Crippen LogP contribution in [-0.4, -0.2) is 17.3 Å². The number of alkyl halides is 1. The van der Waals surface area contributed by atoms with Crippen LogP contribution in [0.25, 0.3) is 10.8 Å². The summed E-state index contributed by atoms with van der Waals surface area (Å²) < 4.78 is 11.0. The molecule has 1 aliphatic carbocycles. The van der Waals surface area contributed by atoms with Crippen molar-refractivity contribution in [2.24, 2.45) is 0 Å². The quantitative estimate of drug-likeness (QED) is 0.366. The van der Waals surface area contributed by atoms with Crippen LogP contribution in [0.15, 0.2) is 36.9 Å². The van der Waals surface area contributed by atoms with Crippen molar-refractivity contribution in [3.05, 3.63) is 48.0 Å². The smallest absolute Gasteiger partial charge is 0.335 e. The summed E-state index contributed by atoms with van der Waals surface area (Å²) in [4.78, 5) is 23.4. The van der Waals surface area contributed by atoms with Crippen molar-refractivity contribution >= 4 is 34.3 Å². The van der Waals surface area contributed by atoms with Crippen LogP contribution in [0.5, 0.6) is 11.5 Å². The standard InChI is InChI=1S/C19H17ClO4/c1-3-17(22)24-19-14-7-5-4-6-13(14)18(23-11(2)21)15-9-8-12(20)10-16(15)19/h3-7,12H,1,8-10H2,2H3. The summed E-state index contributed by atoms with van der Waals surface area (Å²) in [5.74, 6) is 0.104. The molecule has 0 spiro atoms. The van der Waals surface area contributed by atoms with E-state index in [2.05, 4.69) is 6.58 Å². The number of benzene rings is 2. The summed E-state index contributed by atoms with van der Waals surface area (Å²) in [6, 6.07) is 7.39. The number of fused-ring (bicyclic) bond motifs is 2. The highest BCUT2D eigenvalue weighted by Gasteiger charge is 2.28. The normalized spacial score (nSPS) is 16.3. The van der Waals surface area contributed by atoms with Gasteiger partial charge in [0.2, 0.25) is 0 Å². The van der Waals surface area contributed by atoms with Gasteiger partial charge in [0.25, 0.3) is 0 Å². The summed E-state index contributed by atoms with van der Waals surface area (Å²) in [6.07, 6.45) is 3.11. The van der Waals surface area contributed by atoms with Gasteiger partial charge in [-0.25, -0.2) is 4.79 Å². The van der Waals surface area contributed by atoms with Crippen molar-refractivity contribution < 1.29 is 19.1 Å². The Morgan fingerprint density at radius 2 is 1.79 bits per heavy atom. The molecule has 1 aliphatic rings. The number of rotatable bonds is 3. The van der Waals surface area contributed by atoms with Crippen LogP contribution in [0, 0.1) is 0 Å². The highest BCUT2D eigenvalue weighted by Crippen LogP contribution is 2.45. The van der Waals surface area contributed by atoms with Crippen LogP contribution < -0.4 is 9.47 Å². The van der Waals surface area contributed by atoms with E-state index < -0.39 is 5.97 Å². The zero-order valence-corrected chi connectivity index (χ0v) is 14.1. The second-order valence-electron chi connectivity index (χ2n) is 5.72. The number of halogens is 1. The Bertz CT molecular complexity index is 841. The summed E-state index contributed by atoms with van der Waals surface area (Å²) in [6.45, 7) is 4.83. The molecule has 0 saturated heterocycles. The fourth-order valence-electron chi connectivity index (χ4n) is 3.10. The van der Waals surface area contributed by atoms with Gasteiger partial charge in [-0.3, -0.25) is 4.79 Å². The van der Waals surface area contributed by atoms with Gasteiger partial charge in [-0.1, -0.05) is 30.8 Å². The van der Waals surface area contributed by atoms with Crippen molar-refractivity contribution in [3.63, 3.8) is 0 Å². The second kappa shape index (κ2) is 6.65. The van der Waals surface area contributed by atoms with Crippen molar-refractivity contribution in [3.8, 4) is 11.5 Å². The van der Waals surface area contributed by atoms with Gasteiger partial charge in [-0.05, 0) is 19.3 Å². The highest BCUT2D eigenvalue weighted by atomic mass is 35.5. The minimum atomic E-state index is -0.528. The van der Waals surface area contributed by atoms with E-state index in [9.17, 15) is 9.59 Å². The maximum Gasteiger partial charge on any atom is 0.335 e. The molecule has 0 N–H and O–H groups in total. The molecule has 0 bridgehead atoms. The molecule has 0 heterocycles. The minimum Gasteiger partial charge on any atom is -0.426 e. The third-order valence-corrected chi connectivity index (χ3v) is 4.45. The third-order valence-electron chi connectivity index (χ3n) is 4.08. The van der Waals surface area contributed by atoms with E-state index in [0.717, 1.165) is 29.0 Å². The topological polar surface area (TPSA) is 52.6 Å². The van der Waals surface area contributed by atoms with Crippen molar-refractivity contribution in [2.45, 2.75) is 31.6 Å². The molecule has 4 nitrogen and oxygen atoms in total. The van der Waals surface area contributed by atoms with E-state index in [0.29, 0.717) is 29.7 Å². The number of ether oxygens (including phenoxy) is 2. The van der Waals surface area contributed by atoms with Crippen LogP contribution in [0.4, 0.5) is 0 Å². The van der Waals surface area contributed by atoms with E-state index in [4.69, 9.17) is 21.1 Å². The van der Waals surface area contributed by atoms with Crippen molar-refractivity contribution in [1.82, 2.24) is 0 Å². The van der Waals surface area contributed by atoms with Crippen molar-refractivity contribution in [1.29, 1.82) is 0 Å². The lowest BCUT2D eigenvalue weighted by Crippen LogP contribution is -2.19. The maximum atomic E-state index is 11.8. The zero-order valence-electron chi connectivity index (χ0n) is 13.3. The van der Waals surface area contributed by atoms with Gasteiger partial charge in [0.1, 0.15) is 11.5 Å². The molecule has 0 fully saturated rings. The Balaban J connectivity index is 2.32. The maximum absolute atomic E-state index is 11.8. The molecule has 0 radical (unpaired) electrons. The van der Waals surface area contributed by atoms with Gasteiger partial charge in [0.05, 0.1) is 0 Å². The molecule has 5 heteroatoms. The SMILES string of the molecule is C=CC(=O)Oc1c2c(c(OC(C)=O)c3ccccc13)CCC(Cl)C2. The predicted octanol–water partition coefficient (Wildman–Crippen LogP) is 3.95. The first-order valence-electron chi connectivity index (χ1n) is 7.74. The molecular weight excluding hydrogens is 328 g/mol. The first-order chi connectivity index (χ1) is 11.5. The second-order valence-corrected chi connectivity index (χ2v) is 6.34. The van der Waals surface area contributed by atoms with Gasteiger partial charge >= 0.3 is 11.9 Å². The fourth-order valence-corrected chi connectivity index (χ4v) is 3.37. The Morgan fingerprint density at radius 1 is 1.17 bits per heavy atom. The van der Waals surface area contributed by atoms with Gasteiger partial charge in [-0.2, -0.15) is 0 Å². The lowest BCUT2D eigenvalue weighted by molar-refractivity contribution is -0.132. The third kappa shape index (κ3) is 3.02. The molecule has 0 aliphatic heterocycles. The Labute approximate surface area is 145 Å². The molecule has 1 atom stereocenters. The van der Waals surface area contributed by atoms with Crippen LogP contribution in [-0.2, 0) is 22.4 Å². The van der Waals surface area contributed by atoms with Crippen LogP contribution in [0.2, 0.25) is 0 Å². The van der Waals surface area contributed by atoms with Crippen LogP contribution in [0.1, 0.15) is 24.5 Å². The van der Waals surface area contributed by atoms with E-state index in [1.54, 1.807) is 0 Å². The van der Waals surface area contributed by atoms with Gasteiger partial charge in [0.15, 0.2) is 0 Å². The number of esters is 2. The molecule has 2 aromatic carbocycles. The molecule has 2 aromatic rings. The van der Waals surface area contributed by atoms with E-state index in [1.807, 2.05) is 24.3 Å². The first-order valence-corrected chi connectivity index (χ1v) is 8.18. The van der Waals surface area contributed by atoms with E-state index in [-0.39, 0.29) is 11.3 Å². The zero-order chi connectivity index (χ0) is 17.3. The summed E-state index contributed by atoms with van der Waals surface area (Å²) in [5, 5.41) is 1.41. The Kier molecular flexibility index (Phi) is 4.58. The average Bonchev–Trinajstić information content (AvgIpc) is 2.57. The summed E-state index contributed by atoms with van der Waals surface area (Å²) in [5.41, 5.74) is 1.71. The number of hydrogen-bond acceptors (Lipinski definition) is 4. The molecule has 0 amide bonds. The highest BCUT2D eigenvalue weighted by molar-refractivity contribution is 6.21. The largest absolute Gasteiger partial charge is 0.426 e. The Morgan fingerprint density at radius 3 is 2.38 bits per heavy atom. The minimum absolute atomic E-state index is 0.0509. The van der Waals surface area contributed by atoms with Crippen LogP contribution in [0.3, 0.4) is 0 Å². The number of hydrogen-bond donors (Lipinski definition) is 0. The molecule has 3 rings (SSSR count). The van der Waals surface area contributed by atoms with Crippen molar-refractivity contribution in [2.75, 3.05) is 0 Å². The number of carbonyl (C=O) groups is 2. The van der Waals surface area contributed by atoms with Crippen LogP contribution >= 0.6 is 11.6 Å². The van der Waals surface area contributed by atoms with E-state index in [1.165, 1.54) is 6.92 Å². The average molecular weight is 345 g/mol. The molecule has 1 unspecified atom stereocenters. The lowest BCUT2D eigenvalue weighted by Gasteiger charge is -2.26. The van der Waals surface area contributed by atoms with Gasteiger partial charge in [-0.15, -0.1) is 11.6 Å². The fraction of sp³-hybridized carbons (Fsp3) is 0.263. The summed E-state index contributed by atoms with van der Waals surface area (Å²) >= 11 is 6.33. The Hall–Kier alpha value is -2.33. The number of carbonyl (C=O) groups excluding carboxylic acids is 2. The molecule has 0 aromatic heterocycles. The summed E-state index contributed by atoms with van der Waals surface area (Å²) in [7, 11) is 0. The van der Waals surface area contributed by atoms with Gasteiger partial charge in [0, 0.05) is 40.3 Å². The molecule has 0 saturated carbocycles. The van der Waals surface area contributed by atoms with E-state index >= 15 is 0 Å².